The van der Waals surface area contributed by atoms with Crippen LogP contribution in [0, 0.1) is 12.8 Å². The summed E-state index contributed by atoms with van der Waals surface area (Å²) in [6, 6.07) is 7.41. The predicted octanol–water partition coefficient (Wildman–Crippen LogP) is 2.87. The van der Waals surface area contributed by atoms with Crippen molar-refractivity contribution in [2.24, 2.45) is 5.92 Å². The minimum Gasteiger partial charge on any atom is -0.356 e. The van der Waals surface area contributed by atoms with Gasteiger partial charge >= 0.3 is 0 Å². The Morgan fingerprint density at radius 3 is 2.63 bits per heavy atom. The van der Waals surface area contributed by atoms with Crippen molar-refractivity contribution in [2.45, 2.75) is 39.5 Å². The number of aromatic nitrogens is 2. The molecule has 30 heavy (non-hydrogen) atoms. The molecule has 1 fully saturated rings. The van der Waals surface area contributed by atoms with Gasteiger partial charge in [-0.2, -0.15) is 0 Å². The van der Waals surface area contributed by atoms with E-state index in [1.54, 1.807) is 17.0 Å². The maximum absolute atomic E-state index is 12.8. The van der Waals surface area contributed by atoms with Crippen LogP contribution in [0.4, 0.5) is 5.69 Å². The number of hydrogen-bond donors (Lipinski definition) is 2. The molecule has 0 radical (unpaired) electrons. The fourth-order valence-corrected chi connectivity index (χ4v) is 3.97. The Balaban J connectivity index is 1.59. The van der Waals surface area contributed by atoms with Crippen LogP contribution in [0.3, 0.4) is 0 Å². The summed E-state index contributed by atoms with van der Waals surface area (Å²) in [7, 11) is 0. The van der Waals surface area contributed by atoms with Gasteiger partial charge in [0.1, 0.15) is 0 Å². The molecule has 2 N–H and O–H groups in total. The van der Waals surface area contributed by atoms with E-state index in [0.717, 1.165) is 42.6 Å². The average molecular weight is 430 g/mol. The minimum absolute atomic E-state index is 0.00335. The van der Waals surface area contributed by atoms with Crippen molar-refractivity contribution in [1.29, 1.82) is 0 Å². The number of hydrogen-bond acceptors (Lipinski definition) is 6. The Kier molecular flexibility index (Phi) is 7.51. The molecule has 0 spiro atoms. The highest BCUT2D eigenvalue weighted by Gasteiger charge is 2.30. The van der Waals surface area contributed by atoms with Crippen molar-refractivity contribution in [3.8, 4) is 0 Å². The molecular formula is C21H27N5O3S. The summed E-state index contributed by atoms with van der Waals surface area (Å²) in [5.41, 5.74) is 1.75. The first kappa shape index (κ1) is 21.9. The van der Waals surface area contributed by atoms with Gasteiger partial charge in [0.15, 0.2) is 0 Å². The van der Waals surface area contributed by atoms with Crippen LogP contribution >= 0.6 is 11.3 Å². The first-order valence-corrected chi connectivity index (χ1v) is 11.1. The fourth-order valence-electron chi connectivity index (χ4n) is 3.27. The normalized spacial score (nSPS) is 16.2. The van der Waals surface area contributed by atoms with Gasteiger partial charge in [-0.05, 0) is 38.3 Å². The van der Waals surface area contributed by atoms with Crippen LogP contribution < -0.4 is 10.6 Å². The molecule has 8 nitrogen and oxygen atoms in total. The van der Waals surface area contributed by atoms with Crippen LogP contribution in [0.2, 0.25) is 0 Å². The van der Waals surface area contributed by atoms with Crippen molar-refractivity contribution in [3.05, 3.63) is 39.8 Å². The maximum Gasteiger partial charge on any atom is 0.286 e. The van der Waals surface area contributed by atoms with Crippen molar-refractivity contribution in [1.82, 2.24) is 20.4 Å². The molecule has 0 saturated carbocycles. The number of aryl methyl sites for hydroxylation is 1. The van der Waals surface area contributed by atoms with E-state index < -0.39 is 5.91 Å². The summed E-state index contributed by atoms with van der Waals surface area (Å²) in [5, 5.41) is 13.8. The van der Waals surface area contributed by atoms with Crippen molar-refractivity contribution < 1.29 is 14.4 Å². The zero-order valence-corrected chi connectivity index (χ0v) is 18.1. The first-order valence-electron chi connectivity index (χ1n) is 10.3. The zero-order chi connectivity index (χ0) is 21.5. The van der Waals surface area contributed by atoms with Gasteiger partial charge in [0, 0.05) is 25.3 Å². The minimum atomic E-state index is -0.401. The number of piperidine rings is 1. The van der Waals surface area contributed by atoms with Gasteiger partial charge in [0.25, 0.3) is 11.8 Å². The van der Waals surface area contributed by atoms with E-state index in [4.69, 9.17) is 0 Å². The van der Waals surface area contributed by atoms with E-state index in [0.29, 0.717) is 25.3 Å². The van der Waals surface area contributed by atoms with Gasteiger partial charge in [-0.15, -0.1) is 10.2 Å². The lowest BCUT2D eigenvalue weighted by Crippen LogP contribution is -2.45. The first-order chi connectivity index (χ1) is 14.5. The third kappa shape index (κ3) is 5.63. The van der Waals surface area contributed by atoms with Crippen LogP contribution in [-0.2, 0) is 4.79 Å². The van der Waals surface area contributed by atoms with Gasteiger partial charge in [-0.1, -0.05) is 42.4 Å². The monoisotopic (exact) mass is 429 g/mol. The molecular weight excluding hydrogens is 402 g/mol. The highest BCUT2D eigenvalue weighted by atomic mass is 32.1. The smallest absolute Gasteiger partial charge is 0.286 e. The summed E-state index contributed by atoms with van der Waals surface area (Å²) in [6.45, 7) is 5.64. The van der Waals surface area contributed by atoms with E-state index in [1.165, 1.54) is 0 Å². The Morgan fingerprint density at radius 1 is 1.17 bits per heavy atom. The molecule has 2 aromatic rings. The van der Waals surface area contributed by atoms with Gasteiger partial charge in [0.2, 0.25) is 15.9 Å². The lowest BCUT2D eigenvalue weighted by Gasteiger charge is -2.31. The number of likely N-dealkylation sites (tertiary alicyclic amines) is 1. The number of nitrogens with one attached hydrogen (secondary N) is 2. The SMILES string of the molecule is CCCCNC(=O)[C@@H]1CCCN(C(=O)c2nnc(C(=O)Nc3ccc(C)cc3)s2)C1. The van der Waals surface area contributed by atoms with Crippen LogP contribution in [0.5, 0.6) is 0 Å². The third-order valence-electron chi connectivity index (χ3n) is 5.02. The van der Waals surface area contributed by atoms with Crippen molar-refractivity contribution in [3.63, 3.8) is 0 Å². The molecule has 1 aromatic carbocycles. The molecule has 1 aliphatic rings. The Bertz CT molecular complexity index is 896. The van der Waals surface area contributed by atoms with E-state index in [9.17, 15) is 14.4 Å². The number of benzene rings is 1. The zero-order valence-electron chi connectivity index (χ0n) is 17.3. The van der Waals surface area contributed by atoms with Crippen LogP contribution in [0.15, 0.2) is 24.3 Å². The van der Waals surface area contributed by atoms with E-state index in [1.807, 2.05) is 19.1 Å². The lowest BCUT2D eigenvalue weighted by atomic mass is 9.97. The lowest BCUT2D eigenvalue weighted by molar-refractivity contribution is -0.126. The predicted molar refractivity (Wildman–Crippen MR) is 116 cm³/mol. The topological polar surface area (TPSA) is 104 Å². The Labute approximate surface area is 180 Å². The van der Waals surface area contributed by atoms with E-state index in [-0.39, 0.29) is 27.7 Å². The molecule has 1 aromatic heterocycles. The van der Waals surface area contributed by atoms with Crippen molar-refractivity contribution in [2.75, 3.05) is 25.0 Å². The molecule has 1 saturated heterocycles. The number of carbonyl (C=O) groups is 3. The van der Waals surface area contributed by atoms with E-state index >= 15 is 0 Å². The molecule has 3 amide bonds. The standard InChI is InChI=1S/C21H27N5O3S/c1-3-4-11-22-17(27)15-6-5-12-26(13-15)21(29)20-25-24-19(30-20)18(28)23-16-9-7-14(2)8-10-16/h7-10,15H,3-6,11-13H2,1-2H3,(H,22,27)(H,23,28)/t15-/m1/s1. The third-order valence-corrected chi connectivity index (χ3v) is 5.93. The number of carbonyl (C=O) groups excluding carboxylic acids is 3. The molecule has 1 aliphatic heterocycles. The molecule has 0 unspecified atom stereocenters. The second kappa shape index (κ2) is 10.3. The summed E-state index contributed by atoms with van der Waals surface area (Å²) in [6.07, 6.45) is 3.49. The average Bonchev–Trinajstić information content (AvgIpc) is 3.25. The molecule has 0 aliphatic carbocycles. The number of amides is 3. The second-order valence-corrected chi connectivity index (χ2v) is 8.44. The molecule has 2 heterocycles. The number of anilines is 1. The molecule has 9 heteroatoms. The summed E-state index contributed by atoms with van der Waals surface area (Å²) in [4.78, 5) is 39.2. The number of unbranched alkanes of at least 4 members (excludes halogenated alkanes) is 1. The quantitative estimate of drug-likeness (QED) is 0.659. The fraction of sp³-hybridized carbons (Fsp3) is 0.476. The summed E-state index contributed by atoms with van der Waals surface area (Å²) < 4.78 is 0. The van der Waals surface area contributed by atoms with Gasteiger partial charge in [-0.3, -0.25) is 14.4 Å². The van der Waals surface area contributed by atoms with Crippen LogP contribution in [0.25, 0.3) is 0 Å². The summed E-state index contributed by atoms with van der Waals surface area (Å²) >= 11 is 0.966. The molecule has 3 rings (SSSR count). The Hall–Kier alpha value is -2.81. The highest BCUT2D eigenvalue weighted by Crippen LogP contribution is 2.21. The second-order valence-electron chi connectivity index (χ2n) is 7.47. The molecule has 1 atom stereocenters. The Morgan fingerprint density at radius 2 is 1.90 bits per heavy atom. The van der Waals surface area contributed by atoms with Gasteiger partial charge in [0.05, 0.1) is 5.92 Å². The van der Waals surface area contributed by atoms with Crippen LogP contribution in [0.1, 0.15) is 57.8 Å². The summed E-state index contributed by atoms with van der Waals surface area (Å²) in [5.74, 6) is -0.900. The van der Waals surface area contributed by atoms with E-state index in [2.05, 4.69) is 27.8 Å². The highest BCUT2D eigenvalue weighted by molar-refractivity contribution is 7.15. The maximum atomic E-state index is 12.8. The molecule has 160 valence electrons. The number of rotatable bonds is 7. The number of nitrogens with zero attached hydrogens (tertiary/aromatic N) is 3. The van der Waals surface area contributed by atoms with Crippen LogP contribution in [-0.4, -0.2) is 52.5 Å². The molecule has 0 bridgehead atoms. The van der Waals surface area contributed by atoms with Gasteiger partial charge < -0.3 is 15.5 Å². The van der Waals surface area contributed by atoms with Gasteiger partial charge in [-0.25, -0.2) is 0 Å². The van der Waals surface area contributed by atoms with Crippen molar-refractivity contribution >= 4 is 34.7 Å². The largest absolute Gasteiger partial charge is 0.356 e.